The lowest BCUT2D eigenvalue weighted by atomic mass is 10.1. The SMILES string of the molecule is N[C@H](CCCCCCCCBr)C(=O)O. The van der Waals surface area contributed by atoms with E-state index in [-0.39, 0.29) is 0 Å². The summed E-state index contributed by atoms with van der Waals surface area (Å²) in [7, 11) is 0. The molecule has 3 N–H and O–H groups in total. The predicted octanol–water partition coefficient (Wildman–Crippen LogP) is 2.52. The van der Waals surface area contributed by atoms with Gasteiger partial charge >= 0.3 is 5.97 Å². The van der Waals surface area contributed by atoms with Crippen molar-refractivity contribution in [3.8, 4) is 0 Å². The molecule has 0 radical (unpaired) electrons. The summed E-state index contributed by atoms with van der Waals surface area (Å²) in [6, 6.07) is -0.669. The summed E-state index contributed by atoms with van der Waals surface area (Å²) in [5.74, 6) is -0.885. The van der Waals surface area contributed by atoms with E-state index in [4.69, 9.17) is 10.8 Å². The van der Waals surface area contributed by atoms with Gasteiger partial charge in [-0.05, 0) is 12.8 Å². The minimum atomic E-state index is -0.885. The summed E-state index contributed by atoms with van der Waals surface area (Å²) in [6.07, 6.45) is 7.57. The van der Waals surface area contributed by atoms with Gasteiger partial charge in [0, 0.05) is 5.33 Å². The van der Waals surface area contributed by atoms with E-state index >= 15 is 0 Å². The fourth-order valence-electron chi connectivity index (χ4n) is 1.29. The number of hydrogen-bond acceptors (Lipinski definition) is 2. The molecule has 0 saturated heterocycles. The first-order valence-corrected chi connectivity index (χ1v) is 6.35. The Morgan fingerprint density at radius 2 is 1.64 bits per heavy atom. The number of rotatable bonds is 9. The summed E-state index contributed by atoms with van der Waals surface area (Å²) < 4.78 is 0. The van der Waals surface area contributed by atoms with Gasteiger partial charge in [0.2, 0.25) is 0 Å². The van der Waals surface area contributed by atoms with Crippen LogP contribution >= 0.6 is 15.9 Å². The highest BCUT2D eigenvalue weighted by Gasteiger charge is 2.09. The molecule has 0 aliphatic rings. The van der Waals surface area contributed by atoms with Crippen molar-refractivity contribution in [2.75, 3.05) is 5.33 Å². The lowest BCUT2D eigenvalue weighted by molar-refractivity contribution is -0.138. The van der Waals surface area contributed by atoms with Crippen molar-refractivity contribution >= 4 is 21.9 Å². The van der Waals surface area contributed by atoms with Crippen LogP contribution in [0.25, 0.3) is 0 Å². The van der Waals surface area contributed by atoms with Gasteiger partial charge in [0.1, 0.15) is 6.04 Å². The number of carboxylic acid groups (broad SMARTS) is 1. The molecule has 0 aromatic rings. The Balaban J connectivity index is 3.09. The summed E-state index contributed by atoms with van der Waals surface area (Å²) in [5, 5.41) is 9.60. The maximum Gasteiger partial charge on any atom is 0.320 e. The zero-order valence-corrected chi connectivity index (χ0v) is 10.1. The van der Waals surface area contributed by atoms with Gasteiger partial charge in [0.25, 0.3) is 0 Å². The zero-order chi connectivity index (χ0) is 10.8. The number of halogens is 1. The number of hydrogen-bond donors (Lipinski definition) is 2. The first kappa shape index (κ1) is 13.9. The Hall–Kier alpha value is -0.0900. The standard InChI is InChI=1S/C10H20BrNO2/c11-8-6-4-2-1-3-5-7-9(12)10(13)14/h9H,1-8,12H2,(H,13,14)/t9-/m1/s1. The molecule has 0 aliphatic heterocycles. The fourth-order valence-corrected chi connectivity index (χ4v) is 1.69. The fraction of sp³-hybridized carbons (Fsp3) is 0.900. The van der Waals surface area contributed by atoms with Crippen LogP contribution in [-0.4, -0.2) is 22.4 Å². The molecule has 0 heterocycles. The molecule has 3 nitrogen and oxygen atoms in total. The van der Waals surface area contributed by atoms with Gasteiger partial charge < -0.3 is 10.8 Å². The van der Waals surface area contributed by atoms with Gasteiger partial charge in [-0.25, -0.2) is 0 Å². The third kappa shape index (κ3) is 8.51. The monoisotopic (exact) mass is 265 g/mol. The molecule has 0 unspecified atom stereocenters. The molecular weight excluding hydrogens is 246 g/mol. The average Bonchev–Trinajstić information content (AvgIpc) is 2.16. The Morgan fingerprint density at radius 1 is 1.14 bits per heavy atom. The zero-order valence-electron chi connectivity index (χ0n) is 8.54. The summed E-state index contributed by atoms with van der Waals surface area (Å²) >= 11 is 3.39. The van der Waals surface area contributed by atoms with Crippen LogP contribution in [0.1, 0.15) is 44.9 Å². The Morgan fingerprint density at radius 3 is 2.14 bits per heavy atom. The molecule has 4 heteroatoms. The molecule has 84 valence electrons. The van der Waals surface area contributed by atoms with Crippen molar-refractivity contribution in [2.24, 2.45) is 5.73 Å². The molecule has 0 aromatic carbocycles. The predicted molar refractivity (Wildman–Crippen MR) is 61.7 cm³/mol. The second-order valence-electron chi connectivity index (χ2n) is 3.54. The minimum Gasteiger partial charge on any atom is -0.480 e. The highest BCUT2D eigenvalue weighted by Crippen LogP contribution is 2.08. The van der Waals surface area contributed by atoms with E-state index in [1.54, 1.807) is 0 Å². The van der Waals surface area contributed by atoms with Gasteiger partial charge in [-0.15, -0.1) is 0 Å². The van der Waals surface area contributed by atoms with E-state index in [1.165, 1.54) is 25.7 Å². The van der Waals surface area contributed by atoms with Crippen LogP contribution in [0.3, 0.4) is 0 Å². The number of carbonyl (C=O) groups is 1. The molecule has 0 aliphatic carbocycles. The molecule has 1 atom stereocenters. The third-order valence-electron chi connectivity index (χ3n) is 2.22. The lowest BCUT2D eigenvalue weighted by Gasteiger charge is -2.05. The number of carboxylic acids is 1. The highest BCUT2D eigenvalue weighted by atomic mass is 79.9. The number of aliphatic carboxylic acids is 1. The topological polar surface area (TPSA) is 63.3 Å². The molecule has 0 spiro atoms. The molecule has 0 saturated carbocycles. The highest BCUT2D eigenvalue weighted by molar-refractivity contribution is 9.09. The lowest BCUT2D eigenvalue weighted by Crippen LogP contribution is -2.29. The van der Waals surface area contributed by atoms with Gasteiger partial charge in [-0.2, -0.15) is 0 Å². The van der Waals surface area contributed by atoms with Crippen LogP contribution in [0.5, 0.6) is 0 Å². The normalized spacial score (nSPS) is 12.7. The van der Waals surface area contributed by atoms with Crippen molar-refractivity contribution in [3.63, 3.8) is 0 Å². The number of alkyl halides is 1. The molecule has 0 bridgehead atoms. The van der Waals surface area contributed by atoms with E-state index in [9.17, 15) is 4.79 Å². The maximum atomic E-state index is 10.4. The van der Waals surface area contributed by atoms with E-state index < -0.39 is 12.0 Å². The molecular formula is C10H20BrNO2. The Kier molecular flexibility index (Phi) is 9.40. The van der Waals surface area contributed by atoms with Crippen LogP contribution in [0.15, 0.2) is 0 Å². The van der Waals surface area contributed by atoms with E-state index in [0.717, 1.165) is 18.2 Å². The van der Waals surface area contributed by atoms with Crippen molar-refractivity contribution in [3.05, 3.63) is 0 Å². The molecule has 0 aromatic heterocycles. The summed E-state index contributed by atoms with van der Waals surface area (Å²) in [4.78, 5) is 10.4. The second-order valence-corrected chi connectivity index (χ2v) is 4.34. The van der Waals surface area contributed by atoms with Gasteiger partial charge in [-0.1, -0.05) is 48.0 Å². The van der Waals surface area contributed by atoms with Crippen molar-refractivity contribution in [2.45, 2.75) is 51.0 Å². The van der Waals surface area contributed by atoms with Crippen LogP contribution in [0.2, 0.25) is 0 Å². The third-order valence-corrected chi connectivity index (χ3v) is 2.78. The van der Waals surface area contributed by atoms with Crippen LogP contribution in [-0.2, 0) is 4.79 Å². The Bertz CT molecular complexity index is 153. The van der Waals surface area contributed by atoms with E-state index in [0.29, 0.717) is 6.42 Å². The molecule has 0 rings (SSSR count). The summed E-state index contributed by atoms with van der Waals surface area (Å²) in [5.41, 5.74) is 5.37. The van der Waals surface area contributed by atoms with Crippen LogP contribution in [0, 0.1) is 0 Å². The van der Waals surface area contributed by atoms with Crippen molar-refractivity contribution in [1.29, 1.82) is 0 Å². The summed E-state index contributed by atoms with van der Waals surface area (Å²) in [6.45, 7) is 0. The van der Waals surface area contributed by atoms with Crippen molar-refractivity contribution in [1.82, 2.24) is 0 Å². The molecule has 14 heavy (non-hydrogen) atoms. The average molecular weight is 266 g/mol. The van der Waals surface area contributed by atoms with Crippen LogP contribution < -0.4 is 5.73 Å². The van der Waals surface area contributed by atoms with E-state index in [1.807, 2.05) is 0 Å². The number of unbranched alkanes of at least 4 members (excludes halogenated alkanes) is 5. The number of nitrogens with two attached hydrogens (primary N) is 1. The van der Waals surface area contributed by atoms with Gasteiger partial charge in [0.05, 0.1) is 0 Å². The largest absolute Gasteiger partial charge is 0.480 e. The Labute approximate surface area is 94.2 Å². The van der Waals surface area contributed by atoms with Gasteiger partial charge in [0.15, 0.2) is 0 Å². The van der Waals surface area contributed by atoms with Gasteiger partial charge in [-0.3, -0.25) is 4.79 Å². The molecule has 0 fully saturated rings. The van der Waals surface area contributed by atoms with E-state index in [2.05, 4.69) is 15.9 Å². The second kappa shape index (κ2) is 9.46. The molecule has 0 amide bonds. The smallest absolute Gasteiger partial charge is 0.320 e. The first-order chi connectivity index (χ1) is 6.68. The quantitative estimate of drug-likeness (QED) is 0.498. The maximum absolute atomic E-state index is 10.4. The van der Waals surface area contributed by atoms with Crippen molar-refractivity contribution < 1.29 is 9.90 Å². The minimum absolute atomic E-state index is 0.605. The van der Waals surface area contributed by atoms with Crippen LogP contribution in [0.4, 0.5) is 0 Å². The first-order valence-electron chi connectivity index (χ1n) is 5.23.